The Morgan fingerprint density at radius 1 is 1.11 bits per heavy atom. The Balaban J connectivity index is 2.84. The molecule has 3 heteroatoms. The van der Waals surface area contributed by atoms with Gasteiger partial charge < -0.3 is 5.32 Å². The van der Waals surface area contributed by atoms with E-state index in [1.54, 1.807) is 0 Å². The van der Waals surface area contributed by atoms with Crippen LogP contribution in [0.25, 0.3) is 0 Å². The maximum atomic E-state index is 12.2. The van der Waals surface area contributed by atoms with E-state index in [0.717, 1.165) is 12.3 Å². The third-order valence-electron chi connectivity index (χ3n) is 2.97. The van der Waals surface area contributed by atoms with Gasteiger partial charge >= 0.3 is 0 Å². The molecule has 0 aliphatic heterocycles. The number of hydrogen-bond acceptors (Lipinski definition) is 2. The summed E-state index contributed by atoms with van der Waals surface area (Å²) >= 11 is 0. The van der Waals surface area contributed by atoms with E-state index in [-0.39, 0.29) is 6.04 Å². The number of hydrogen-bond donors (Lipinski definition) is 1. The first-order valence-corrected chi connectivity index (χ1v) is 8.57. The molecule has 0 fully saturated rings. The Morgan fingerprint density at radius 2 is 1.68 bits per heavy atom. The normalized spacial score (nSPS) is 14.6. The Morgan fingerprint density at radius 3 is 2.16 bits per heavy atom. The lowest BCUT2D eigenvalue weighted by Crippen LogP contribution is -2.27. The average Bonchev–Trinajstić information content (AvgIpc) is 2.25. The fourth-order valence-electron chi connectivity index (χ4n) is 2.36. The predicted octanol–water partition coefficient (Wildman–Crippen LogP) is 3.36. The minimum Gasteiger partial charge on any atom is -0.309 e. The van der Waals surface area contributed by atoms with Crippen LogP contribution < -0.4 is 5.32 Å². The Labute approximate surface area is 120 Å². The topological polar surface area (TPSA) is 29.1 Å². The molecule has 0 aliphatic rings. The molecule has 0 heterocycles. The first-order valence-electron chi connectivity index (χ1n) is 7.09. The quantitative estimate of drug-likeness (QED) is 0.830. The summed E-state index contributed by atoms with van der Waals surface area (Å²) in [7, 11) is -0.758. The van der Waals surface area contributed by atoms with Gasteiger partial charge in [0.25, 0.3) is 0 Å². The molecule has 108 valence electrons. The second kappa shape index (κ2) is 7.81. The van der Waals surface area contributed by atoms with Gasteiger partial charge in [0.05, 0.1) is 0 Å². The zero-order valence-electron chi connectivity index (χ0n) is 12.8. The molecule has 0 saturated carbocycles. The molecule has 1 N–H and O–H groups in total. The summed E-state index contributed by atoms with van der Waals surface area (Å²) in [6.45, 7) is 11.5. The number of nitrogens with one attached hydrogen (secondary N) is 1. The zero-order valence-corrected chi connectivity index (χ0v) is 13.6. The highest BCUT2D eigenvalue weighted by Gasteiger charge is 2.15. The summed E-state index contributed by atoms with van der Waals surface area (Å²) in [5.74, 6) is 1.98. The van der Waals surface area contributed by atoms with Gasteiger partial charge in [-0.25, -0.2) is 0 Å². The molecule has 0 bridgehead atoms. The third-order valence-corrected chi connectivity index (χ3v) is 4.71. The van der Waals surface area contributed by atoms with Crippen LogP contribution in [0.15, 0.2) is 18.2 Å². The Bertz CT molecular complexity index is 409. The van der Waals surface area contributed by atoms with Gasteiger partial charge in [-0.2, -0.15) is 0 Å². The van der Waals surface area contributed by atoms with Crippen molar-refractivity contribution in [1.82, 2.24) is 5.32 Å². The van der Waals surface area contributed by atoms with Gasteiger partial charge in [0.15, 0.2) is 0 Å². The summed E-state index contributed by atoms with van der Waals surface area (Å²) in [6.07, 6.45) is 0. The van der Waals surface area contributed by atoms with Gasteiger partial charge in [0.2, 0.25) is 0 Å². The van der Waals surface area contributed by atoms with E-state index in [1.807, 2.05) is 0 Å². The van der Waals surface area contributed by atoms with E-state index >= 15 is 0 Å². The van der Waals surface area contributed by atoms with Crippen LogP contribution in [-0.4, -0.2) is 22.3 Å². The fourth-order valence-corrected chi connectivity index (χ4v) is 3.92. The Kier molecular flexibility index (Phi) is 6.73. The zero-order chi connectivity index (χ0) is 14.4. The molecule has 0 radical (unpaired) electrons. The molecule has 19 heavy (non-hydrogen) atoms. The van der Waals surface area contributed by atoms with Crippen LogP contribution in [0.3, 0.4) is 0 Å². The van der Waals surface area contributed by atoms with E-state index < -0.39 is 10.8 Å². The molecule has 2 nitrogen and oxygen atoms in total. The predicted molar refractivity (Wildman–Crippen MR) is 85.0 cm³/mol. The van der Waals surface area contributed by atoms with Crippen molar-refractivity contribution in [2.45, 2.75) is 40.7 Å². The summed E-state index contributed by atoms with van der Waals surface area (Å²) in [6, 6.07) is 6.78. The molecule has 2 atom stereocenters. The van der Waals surface area contributed by atoms with E-state index in [4.69, 9.17) is 0 Å². The van der Waals surface area contributed by atoms with Gasteiger partial charge in [-0.05, 0) is 31.9 Å². The first kappa shape index (κ1) is 16.4. The highest BCUT2D eigenvalue weighted by molar-refractivity contribution is 7.85. The molecular weight excluding hydrogens is 254 g/mol. The minimum absolute atomic E-state index is 0.197. The minimum atomic E-state index is -0.758. The van der Waals surface area contributed by atoms with Gasteiger partial charge in [-0.15, -0.1) is 0 Å². The molecule has 1 aromatic rings. The standard InChI is InChI=1S/C16H27NOS/c1-6-17-16(11-19(18)10-12(2)3)15-8-13(4)7-14(5)9-15/h7-9,12,16-17H,6,10-11H2,1-5H3. The van der Waals surface area contributed by atoms with Crippen LogP contribution in [0.2, 0.25) is 0 Å². The summed E-state index contributed by atoms with van der Waals surface area (Å²) in [5.41, 5.74) is 3.80. The van der Waals surface area contributed by atoms with Crippen LogP contribution in [0.1, 0.15) is 43.5 Å². The number of rotatable bonds is 7. The molecule has 0 spiro atoms. The molecule has 2 unspecified atom stereocenters. The van der Waals surface area contributed by atoms with Gasteiger partial charge in [0.1, 0.15) is 0 Å². The van der Waals surface area contributed by atoms with E-state index in [1.165, 1.54) is 16.7 Å². The molecular formula is C16H27NOS. The van der Waals surface area contributed by atoms with E-state index in [0.29, 0.717) is 11.7 Å². The van der Waals surface area contributed by atoms with Crippen molar-refractivity contribution in [3.8, 4) is 0 Å². The maximum Gasteiger partial charge on any atom is 0.0436 e. The second-order valence-corrected chi connectivity index (χ2v) is 7.24. The lowest BCUT2D eigenvalue weighted by atomic mass is 10.0. The number of benzene rings is 1. The average molecular weight is 281 g/mol. The molecule has 0 amide bonds. The second-order valence-electron chi connectivity index (χ2n) is 5.70. The van der Waals surface area contributed by atoms with Gasteiger partial charge in [-0.3, -0.25) is 4.21 Å². The van der Waals surface area contributed by atoms with Crippen LogP contribution in [0, 0.1) is 19.8 Å². The fraction of sp³-hybridized carbons (Fsp3) is 0.625. The van der Waals surface area contributed by atoms with Crippen molar-refractivity contribution < 1.29 is 4.21 Å². The monoisotopic (exact) mass is 281 g/mol. The molecule has 0 aliphatic carbocycles. The van der Waals surface area contributed by atoms with Crippen molar-refractivity contribution in [1.29, 1.82) is 0 Å². The van der Waals surface area contributed by atoms with Crippen molar-refractivity contribution in [3.05, 3.63) is 34.9 Å². The largest absolute Gasteiger partial charge is 0.309 e. The van der Waals surface area contributed by atoms with Gasteiger partial charge in [0, 0.05) is 28.3 Å². The van der Waals surface area contributed by atoms with Crippen LogP contribution in [0.5, 0.6) is 0 Å². The summed E-state index contributed by atoms with van der Waals surface area (Å²) in [4.78, 5) is 0. The van der Waals surface area contributed by atoms with Crippen molar-refractivity contribution in [2.75, 3.05) is 18.1 Å². The van der Waals surface area contributed by atoms with E-state index in [2.05, 4.69) is 58.1 Å². The maximum absolute atomic E-state index is 12.2. The Hall–Kier alpha value is -0.670. The molecule has 1 rings (SSSR count). The lowest BCUT2D eigenvalue weighted by Gasteiger charge is -2.19. The van der Waals surface area contributed by atoms with Gasteiger partial charge in [-0.1, -0.05) is 50.1 Å². The SMILES string of the molecule is CCNC(CS(=O)CC(C)C)c1cc(C)cc(C)c1. The first-order chi connectivity index (χ1) is 8.92. The summed E-state index contributed by atoms with van der Waals surface area (Å²) in [5, 5.41) is 3.46. The van der Waals surface area contributed by atoms with Crippen molar-refractivity contribution in [2.24, 2.45) is 5.92 Å². The van der Waals surface area contributed by atoms with Crippen molar-refractivity contribution >= 4 is 10.8 Å². The van der Waals surface area contributed by atoms with Crippen LogP contribution in [-0.2, 0) is 10.8 Å². The van der Waals surface area contributed by atoms with Crippen molar-refractivity contribution in [3.63, 3.8) is 0 Å². The highest BCUT2D eigenvalue weighted by atomic mass is 32.2. The molecule has 0 aromatic heterocycles. The third kappa shape index (κ3) is 5.87. The smallest absolute Gasteiger partial charge is 0.0436 e. The highest BCUT2D eigenvalue weighted by Crippen LogP contribution is 2.18. The molecule has 0 saturated heterocycles. The number of aryl methyl sites for hydroxylation is 2. The molecule has 1 aromatic carbocycles. The van der Waals surface area contributed by atoms with E-state index in [9.17, 15) is 4.21 Å². The van der Waals surface area contributed by atoms with Crippen LogP contribution >= 0.6 is 0 Å². The van der Waals surface area contributed by atoms with Crippen LogP contribution in [0.4, 0.5) is 0 Å². The summed E-state index contributed by atoms with van der Waals surface area (Å²) < 4.78 is 12.2. The lowest BCUT2D eigenvalue weighted by molar-refractivity contribution is 0.590.